The maximum absolute atomic E-state index is 13.0. The lowest BCUT2D eigenvalue weighted by atomic mass is 9.87. The van der Waals surface area contributed by atoms with Crippen LogP contribution in [0.1, 0.15) is 72.1 Å². The zero-order valence-electron chi connectivity index (χ0n) is 16.2. The molecule has 1 saturated carbocycles. The molecule has 1 aromatic heterocycles. The Labute approximate surface area is 160 Å². The van der Waals surface area contributed by atoms with Crippen LogP contribution < -0.4 is 10.6 Å². The van der Waals surface area contributed by atoms with Crippen molar-refractivity contribution in [3.63, 3.8) is 0 Å². The minimum absolute atomic E-state index is 0.156. The van der Waals surface area contributed by atoms with E-state index in [2.05, 4.69) is 22.7 Å². The number of hydrogen-bond acceptors (Lipinski definition) is 3. The second kappa shape index (κ2) is 8.37. The molecule has 1 fully saturated rings. The highest BCUT2D eigenvalue weighted by Gasteiger charge is 2.25. The summed E-state index contributed by atoms with van der Waals surface area (Å²) in [5, 5.41) is 10.1. The summed E-state index contributed by atoms with van der Waals surface area (Å²) in [6.45, 7) is 4.24. The highest BCUT2D eigenvalue weighted by Crippen LogP contribution is 2.24. The quantitative estimate of drug-likeness (QED) is 0.851. The number of nitrogens with zero attached hydrogens (tertiary/aromatic N) is 2. The molecule has 6 heteroatoms. The Kier molecular flexibility index (Phi) is 5.94. The van der Waals surface area contributed by atoms with Crippen molar-refractivity contribution in [2.75, 3.05) is 7.05 Å². The first-order valence-corrected chi connectivity index (χ1v) is 9.67. The van der Waals surface area contributed by atoms with Crippen LogP contribution in [0.3, 0.4) is 0 Å². The lowest BCUT2D eigenvalue weighted by molar-refractivity contribution is 0.0909. The Balaban J connectivity index is 1.87. The maximum atomic E-state index is 13.0. The van der Waals surface area contributed by atoms with E-state index < -0.39 is 0 Å². The second-order valence-corrected chi connectivity index (χ2v) is 7.46. The summed E-state index contributed by atoms with van der Waals surface area (Å²) < 4.78 is 1.65. The highest BCUT2D eigenvalue weighted by molar-refractivity contribution is 5.98. The molecule has 2 amide bonds. The average molecular weight is 368 g/mol. The molecule has 2 aromatic rings. The molecule has 1 heterocycles. The van der Waals surface area contributed by atoms with Crippen molar-refractivity contribution in [1.82, 2.24) is 20.4 Å². The lowest BCUT2D eigenvalue weighted by Gasteiger charge is -2.27. The van der Waals surface area contributed by atoms with Gasteiger partial charge in [0.05, 0.1) is 6.04 Å². The van der Waals surface area contributed by atoms with Gasteiger partial charge in [-0.05, 0) is 44.1 Å². The predicted molar refractivity (Wildman–Crippen MR) is 105 cm³/mol. The molecule has 1 atom stereocenters. The zero-order chi connectivity index (χ0) is 19.4. The normalized spacial score (nSPS) is 20.7. The summed E-state index contributed by atoms with van der Waals surface area (Å²) in [5.41, 5.74) is 1.70. The molecule has 6 nitrogen and oxygen atoms in total. The van der Waals surface area contributed by atoms with Gasteiger partial charge in [-0.3, -0.25) is 14.3 Å². The smallest absolute Gasteiger partial charge is 0.271 e. The standard InChI is InChI=1S/C21H28N4O2/c1-14-9-11-17(12-10-14)23-21(27)19-13-18(20(26)22-3)24-25(19)15(2)16-7-5-4-6-8-16/h4-8,13-15,17H,9-12H2,1-3H3,(H,22,26)(H,23,27)/t14-,15-,17+/m0/s1. The lowest BCUT2D eigenvalue weighted by Crippen LogP contribution is -2.38. The Bertz CT molecular complexity index is 792. The largest absolute Gasteiger partial charge is 0.354 e. The van der Waals surface area contributed by atoms with E-state index in [1.54, 1.807) is 17.8 Å². The molecule has 27 heavy (non-hydrogen) atoms. The third kappa shape index (κ3) is 4.38. The maximum Gasteiger partial charge on any atom is 0.271 e. The summed E-state index contributed by atoms with van der Waals surface area (Å²) >= 11 is 0. The summed E-state index contributed by atoms with van der Waals surface area (Å²) in [6.07, 6.45) is 4.26. The number of amides is 2. The number of aromatic nitrogens is 2. The third-order valence-corrected chi connectivity index (χ3v) is 5.43. The number of hydrogen-bond donors (Lipinski definition) is 2. The summed E-state index contributed by atoms with van der Waals surface area (Å²) in [5.74, 6) is 0.260. The van der Waals surface area contributed by atoms with Crippen molar-refractivity contribution >= 4 is 11.8 Å². The minimum Gasteiger partial charge on any atom is -0.354 e. The molecule has 3 rings (SSSR count). The SMILES string of the molecule is CNC(=O)c1cc(C(=O)N[C@H]2CC[C@@H](C)CC2)n([C@@H](C)c2ccccc2)n1. The Morgan fingerprint density at radius 1 is 1.11 bits per heavy atom. The van der Waals surface area contributed by atoms with Gasteiger partial charge in [0.15, 0.2) is 5.69 Å². The number of rotatable bonds is 5. The van der Waals surface area contributed by atoms with Gasteiger partial charge >= 0.3 is 0 Å². The molecular formula is C21H28N4O2. The van der Waals surface area contributed by atoms with Crippen molar-refractivity contribution < 1.29 is 9.59 Å². The van der Waals surface area contributed by atoms with Crippen LogP contribution >= 0.6 is 0 Å². The van der Waals surface area contributed by atoms with Crippen LogP contribution in [-0.2, 0) is 0 Å². The molecule has 0 unspecified atom stereocenters. The van der Waals surface area contributed by atoms with Crippen LogP contribution in [0.2, 0.25) is 0 Å². The number of carbonyl (C=O) groups is 2. The van der Waals surface area contributed by atoms with Crippen molar-refractivity contribution in [3.05, 3.63) is 53.3 Å². The first-order valence-electron chi connectivity index (χ1n) is 9.67. The topological polar surface area (TPSA) is 76.0 Å². The van der Waals surface area contributed by atoms with Gasteiger partial charge in [0, 0.05) is 19.2 Å². The summed E-state index contributed by atoms with van der Waals surface area (Å²) in [6, 6.07) is 11.5. The molecule has 144 valence electrons. The molecule has 1 aliphatic rings. The van der Waals surface area contributed by atoms with Gasteiger partial charge in [-0.1, -0.05) is 37.3 Å². The van der Waals surface area contributed by atoms with E-state index in [9.17, 15) is 9.59 Å². The van der Waals surface area contributed by atoms with Crippen molar-refractivity contribution in [1.29, 1.82) is 0 Å². The van der Waals surface area contributed by atoms with Crippen molar-refractivity contribution in [3.8, 4) is 0 Å². The Morgan fingerprint density at radius 3 is 2.41 bits per heavy atom. The Hall–Kier alpha value is -2.63. The first kappa shape index (κ1) is 19.1. The van der Waals surface area contributed by atoms with E-state index in [4.69, 9.17) is 0 Å². The van der Waals surface area contributed by atoms with Gasteiger partial charge in [0.1, 0.15) is 5.69 Å². The number of nitrogens with one attached hydrogen (secondary N) is 2. The molecule has 1 aliphatic carbocycles. The number of carbonyl (C=O) groups excluding carboxylic acids is 2. The van der Waals surface area contributed by atoms with Gasteiger partial charge in [-0.25, -0.2) is 0 Å². The van der Waals surface area contributed by atoms with Crippen LogP contribution in [0.15, 0.2) is 36.4 Å². The average Bonchev–Trinajstić information content (AvgIpc) is 3.15. The van der Waals surface area contributed by atoms with Crippen LogP contribution in [0.5, 0.6) is 0 Å². The minimum atomic E-state index is -0.297. The van der Waals surface area contributed by atoms with E-state index in [0.717, 1.165) is 37.2 Å². The fourth-order valence-electron chi connectivity index (χ4n) is 3.63. The fourth-order valence-corrected chi connectivity index (χ4v) is 3.63. The second-order valence-electron chi connectivity index (χ2n) is 7.46. The van der Waals surface area contributed by atoms with Crippen LogP contribution in [0, 0.1) is 5.92 Å². The van der Waals surface area contributed by atoms with E-state index in [1.165, 1.54) is 0 Å². The van der Waals surface area contributed by atoms with E-state index in [-0.39, 0.29) is 29.6 Å². The molecule has 0 saturated heterocycles. The molecule has 2 N–H and O–H groups in total. The molecule has 0 radical (unpaired) electrons. The highest BCUT2D eigenvalue weighted by atomic mass is 16.2. The molecule has 0 aliphatic heterocycles. The van der Waals surface area contributed by atoms with Gasteiger partial charge in [0.2, 0.25) is 0 Å². The molecule has 0 spiro atoms. The predicted octanol–water partition coefficient (Wildman–Crippen LogP) is 3.16. The van der Waals surface area contributed by atoms with Crippen LogP contribution in [0.25, 0.3) is 0 Å². The monoisotopic (exact) mass is 368 g/mol. The van der Waals surface area contributed by atoms with Crippen LogP contribution in [-0.4, -0.2) is 34.7 Å². The van der Waals surface area contributed by atoms with E-state index in [1.807, 2.05) is 37.3 Å². The van der Waals surface area contributed by atoms with E-state index in [0.29, 0.717) is 5.69 Å². The van der Waals surface area contributed by atoms with Crippen molar-refractivity contribution in [2.24, 2.45) is 5.92 Å². The van der Waals surface area contributed by atoms with Crippen molar-refractivity contribution in [2.45, 2.75) is 51.6 Å². The summed E-state index contributed by atoms with van der Waals surface area (Å²) in [4.78, 5) is 25.0. The third-order valence-electron chi connectivity index (χ3n) is 5.43. The van der Waals surface area contributed by atoms with Gasteiger partial charge in [-0.2, -0.15) is 5.10 Å². The van der Waals surface area contributed by atoms with E-state index >= 15 is 0 Å². The molecular weight excluding hydrogens is 340 g/mol. The van der Waals surface area contributed by atoms with Gasteiger partial charge < -0.3 is 10.6 Å². The molecule has 1 aromatic carbocycles. The number of benzene rings is 1. The van der Waals surface area contributed by atoms with Gasteiger partial charge in [-0.15, -0.1) is 0 Å². The molecule has 0 bridgehead atoms. The zero-order valence-corrected chi connectivity index (χ0v) is 16.2. The van der Waals surface area contributed by atoms with Crippen LogP contribution in [0.4, 0.5) is 0 Å². The first-order chi connectivity index (χ1) is 13.0. The summed E-state index contributed by atoms with van der Waals surface area (Å²) in [7, 11) is 1.56. The Morgan fingerprint density at radius 2 is 1.78 bits per heavy atom. The fraction of sp³-hybridized carbons (Fsp3) is 0.476. The van der Waals surface area contributed by atoms with Gasteiger partial charge in [0.25, 0.3) is 11.8 Å².